The summed E-state index contributed by atoms with van der Waals surface area (Å²) in [5.74, 6) is 1.54. The summed E-state index contributed by atoms with van der Waals surface area (Å²) in [6.45, 7) is 5.45. The Labute approximate surface area is 215 Å². The van der Waals surface area contributed by atoms with E-state index in [1.165, 1.54) is 0 Å². The number of imidazole rings is 1. The van der Waals surface area contributed by atoms with Gasteiger partial charge >= 0.3 is 6.03 Å². The first-order valence-corrected chi connectivity index (χ1v) is 12.4. The molecule has 0 radical (unpaired) electrons. The lowest BCUT2D eigenvalue weighted by atomic mass is 10.1. The Morgan fingerprint density at radius 2 is 1.84 bits per heavy atom. The van der Waals surface area contributed by atoms with Gasteiger partial charge in [-0.1, -0.05) is 24.3 Å². The van der Waals surface area contributed by atoms with Crippen molar-refractivity contribution in [2.75, 3.05) is 57.1 Å². The molecule has 2 amide bonds. The number of hydrogen-bond acceptors (Lipinski definition) is 7. The molecule has 0 atom stereocenters. The molecule has 4 aromatic rings. The average Bonchev–Trinajstić information content (AvgIpc) is 3.38. The van der Waals surface area contributed by atoms with Crippen LogP contribution in [0, 0.1) is 0 Å². The molecule has 1 aliphatic rings. The van der Waals surface area contributed by atoms with Crippen LogP contribution in [-0.4, -0.2) is 71.8 Å². The molecular weight excluding hydrogens is 470 g/mol. The molecule has 3 N–H and O–H groups in total. The molecule has 1 fully saturated rings. The Kier molecular flexibility index (Phi) is 7.78. The van der Waals surface area contributed by atoms with Gasteiger partial charge in [0.05, 0.1) is 25.1 Å². The minimum Gasteiger partial charge on any atom is -0.492 e. The second-order valence-electron chi connectivity index (χ2n) is 8.69. The molecule has 2 aromatic carbocycles. The third-order valence-corrected chi connectivity index (χ3v) is 6.26. The number of hydrogen-bond donors (Lipinski definition) is 3. The number of nitrogens with one attached hydrogen (secondary N) is 3. The summed E-state index contributed by atoms with van der Waals surface area (Å²) < 4.78 is 13.2. The maximum atomic E-state index is 12.4. The van der Waals surface area contributed by atoms with E-state index in [4.69, 9.17) is 9.47 Å². The number of anilines is 2. The molecule has 5 rings (SSSR count). The van der Waals surface area contributed by atoms with Crippen molar-refractivity contribution in [3.63, 3.8) is 0 Å². The molecular formula is C27H31N7O3. The Bertz CT molecular complexity index is 1320. The fraction of sp³-hybridized carbons (Fsp3) is 0.296. The zero-order valence-corrected chi connectivity index (χ0v) is 20.8. The summed E-state index contributed by atoms with van der Waals surface area (Å²) in [6, 6.07) is 15.2. The summed E-state index contributed by atoms with van der Waals surface area (Å²) in [5, 5.41) is 8.83. The van der Waals surface area contributed by atoms with E-state index in [9.17, 15) is 4.79 Å². The summed E-state index contributed by atoms with van der Waals surface area (Å²) in [6.07, 6.45) is 5.42. The van der Waals surface area contributed by atoms with E-state index < -0.39 is 0 Å². The number of rotatable bonds is 9. The van der Waals surface area contributed by atoms with Crippen LogP contribution < -0.4 is 20.7 Å². The van der Waals surface area contributed by atoms with Gasteiger partial charge in [0.2, 0.25) is 0 Å². The number of nitrogens with zero attached hydrogens (tertiary/aromatic N) is 4. The predicted octanol–water partition coefficient (Wildman–Crippen LogP) is 3.47. The van der Waals surface area contributed by atoms with E-state index >= 15 is 0 Å². The fourth-order valence-electron chi connectivity index (χ4n) is 4.21. The van der Waals surface area contributed by atoms with E-state index in [1.54, 1.807) is 6.20 Å². The standard InChI is InChI=1S/C27H31N7O3/c1-28-25-26-30-19-24(34(26)11-10-29-25)21-4-6-22(7-5-21)32-27(35)31-18-20-2-8-23(9-3-20)37-17-14-33-12-15-36-16-13-33/h2-11,19H,12-18H2,1H3,(H,28,29)(H2,31,32,35). The van der Waals surface area contributed by atoms with Crippen LogP contribution in [0.1, 0.15) is 5.56 Å². The third-order valence-electron chi connectivity index (χ3n) is 6.26. The second-order valence-corrected chi connectivity index (χ2v) is 8.69. The first-order valence-electron chi connectivity index (χ1n) is 12.4. The van der Waals surface area contributed by atoms with Crippen molar-refractivity contribution in [3.8, 4) is 17.0 Å². The van der Waals surface area contributed by atoms with Crippen LogP contribution >= 0.6 is 0 Å². The number of amides is 2. The zero-order valence-electron chi connectivity index (χ0n) is 20.8. The maximum Gasteiger partial charge on any atom is 0.319 e. The molecule has 192 valence electrons. The van der Waals surface area contributed by atoms with Crippen LogP contribution in [0.5, 0.6) is 5.75 Å². The minimum absolute atomic E-state index is 0.266. The highest BCUT2D eigenvalue weighted by Crippen LogP contribution is 2.24. The highest BCUT2D eigenvalue weighted by atomic mass is 16.5. The largest absolute Gasteiger partial charge is 0.492 e. The number of carbonyl (C=O) groups excluding carboxylic acids is 1. The van der Waals surface area contributed by atoms with Crippen LogP contribution in [-0.2, 0) is 11.3 Å². The summed E-state index contributed by atoms with van der Waals surface area (Å²) >= 11 is 0. The third kappa shape index (κ3) is 6.16. The number of fused-ring (bicyclic) bond motifs is 1. The number of morpholine rings is 1. The Morgan fingerprint density at radius 1 is 1.05 bits per heavy atom. The SMILES string of the molecule is CNc1nccn2c(-c3ccc(NC(=O)NCc4ccc(OCCN5CCOCC5)cc4)cc3)cnc12. The average molecular weight is 502 g/mol. The molecule has 1 aliphatic heterocycles. The molecule has 3 heterocycles. The van der Waals surface area contributed by atoms with Crippen LogP contribution in [0.3, 0.4) is 0 Å². The van der Waals surface area contributed by atoms with Gasteiger partial charge in [0.1, 0.15) is 12.4 Å². The summed E-state index contributed by atoms with van der Waals surface area (Å²) in [4.78, 5) is 23.5. The van der Waals surface area contributed by atoms with Crippen molar-refractivity contribution in [1.82, 2.24) is 24.6 Å². The molecule has 0 aliphatic carbocycles. The lowest BCUT2D eigenvalue weighted by Crippen LogP contribution is -2.38. The van der Waals surface area contributed by atoms with Gasteiger partial charge in [-0.15, -0.1) is 0 Å². The topological polar surface area (TPSA) is 105 Å². The van der Waals surface area contributed by atoms with Crippen molar-refractivity contribution in [2.24, 2.45) is 0 Å². The van der Waals surface area contributed by atoms with Gasteiger partial charge in [-0.25, -0.2) is 14.8 Å². The molecule has 10 heteroatoms. The van der Waals surface area contributed by atoms with Crippen molar-refractivity contribution in [3.05, 3.63) is 72.7 Å². The van der Waals surface area contributed by atoms with Crippen molar-refractivity contribution in [1.29, 1.82) is 0 Å². The summed E-state index contributed by atoms with van der Waals surface area (Å²) in [7, 11) is 1.82. The molecule has 0 unspecified atom stereocenters. The molecule has 10 nitrogen and oxygen atoms in total. The number of carbonyl (C=O) groups is 1. The van der Waals surface area contributed by atoms with Gasteiger partial charge in [-0.2, -0.15) is 0 Å². The Morgan fingerprint density at radius 3 is 2.59 bits per heavy atom. The van der Waals surface area contributed by atoms with Gasteiger partial charge in [0, 0.05) is 56.9 Å². The quantitative estimate of drug-likeness (QED) is 0.323. The van der Waals surface area contributed by atoms with Crippen LogP contribution in [0.4, 0.5) is 16.3 Å². The molecule has 0 bridgehead atoms. The smallest absolute Gasteiger partial charge is 0.319 e. The Balaban J connectivity index is 1.09. The van der Waals surface area contributed by atoms with E-state index in [2.05, 4.69) is 30.8 Å². The minimum atomic E-state index is -0.266. The van der Waals surface area contributed by atoms with Gasteiger partial charge < -0.3 is 25.4 Å². The monoisotopic (exact) mass is 501 g/mol. The second kappa shape index (κ2) is 11.7. The van der Waals surface area contributed by atoms with Gasteiger partial charge in [0.15, 0.2) is 11.5 Å². The molecule has 1 saturated heterocycles. The predicted molar refractivity (Wildman–Crippen MR) is 143 cm³/mol. The lowest BCUT2D eigenvalue weighted by Gasteiger charge is -2.26. The van der Waals surface area contributed by atoms with Crippen molar-refractivity contribution < 1.29 is 14.3 Å². The number of urea groups is 1. The summed E-state index contributed by atoms with van der Waals surface area (Å²) in [5.41, 5.74) is 4.39. The molecule has 37 heavy (non-hydrogen) atoms. The normalized spacial score (nSPS) is 13.9. The first kappa shape index (κ1) is 24.5. The van der Waals surface area contributed by atoms with Crippen molar-refractivity contribution >= 4 is 23.2 Å². The number of aromatic nitrogens is 3. The van der Waals surface area contributed by atoms with Crippen LogP contribution in [0.25, 0.3) is 16.9 Å². The maximum absolute atomic E-state index is 12.4. The van der Waals surface area contributed by atoms with E-state index in [0.29, 0.717) is 18.8 Å². The van der Waals surface area contributed by atoms with E-state index in [1.807, 2.05) is 72.4 Å². The fourth-order valence-corrected chi connectivity index (χ4v) is 4.21. The van der Waals surface area contributed by atoms with Crippen molar-refractivity contribution in [2.45, 2.75) is 6.54 Å². The van der Waals surface area contributed by atoms with Crippen LogP contribution in [0.2, 0.25) is 0 Å². The molecule has 0 spiro atoms. The number of benzene rings is 2. The van der Waals surface area contributed by atoms with Gasteiger partial charge in [-0.05, 0) is 29.8 Å². The van der Waals surface area contributed by atoms with E-state index in [0.717, 1.165) is 66.9 Å². The molecule has 2 aromatic heterocycles. The lowest BCUT2D eigenvalue weighted by molar-refractivity contribution is 0.0322. The van der Waals surface area contributed by atoms with E-state index in [-0.39, 0.29) is 6.03 Å². The highest BCUT2D eigenvalue weighted by Gasteiger charge is 2.11. The first-order chi connectivity index (χ1) is 18.2. The van der Waals surface area contributed by atoms with Gasteiger partial charge in [-0.3, -0.25) is 9.30 Å². The number of ether oxygens (including phenoxy) is 2. The van der Waals surface area contributed by atoms with Crippen LogP contribution in [0.15, 0.2) is 67.1 Å². The molecule has 0 saturated carbocycles. The Hall–Kier alpha value is -4.15. The van der Waals surface area contributed by atoms with Gasteiger partial charge in [0.25, 0.3) is 0 Å². The highest BCUT2D eigenvalue weighted by molar-refractivity contribution is 5.89. The zero-order chi connectivity index (χ0) is 25.5.